The van der Waals surface area contributed by atoms with Crippen molar-refractivity contribution in [2.45, 2.75) is 5.16 Å². The fourth-order valence-corrected chi connectivity index (χ4v) is 2.36. The summed E-state index contributed by atoms with van der Waals surface area (Å²) in [5.74, 6) is 0. The SMILES string of the molecule is CSc1nccc(-c2cc3cccnc3c(Cl)n2)n1. The smallest absolute Gasteiger partial charge is 0.187 e. The molecule has 0 saturated heterocycles. The van der Waals surface area contributed by atoms with Crippen molar-refractivity contribution in [1.29, 1.82) is 0 Å². The van der Waals surface area contributed by atoms with Crippen LogP contribution in [-0.2, 0) is 0 Å². The first kappa shape index (κ1) is 12.3. The average molecular weight is 289 g/mol. The van der Waals surface area contributed by atoms with E-state index in [-0.39, 0.29) is 0 Å². The fourth-order valence-electron chi connectivity index (χ4n) is 1.76. The third-order valence-corrected chi connectivity index (χ3v) is 3.45. The summed E-state index contributed by atoms with van der Waals surface area (Å²) in [6.07, 6.45) is 5.35. The minimum atomic E-state index is 0.386. The van der Waals surface area contributed by atoms with E-state index in [9.17, 15) is 0 Å². The van der Waals surface area contributed by atoms with Crippen LogP contribution in [0.4, 0.5) is 0 Å². The highest BCUT2D eigenvalue weighted by Crippen LogP contribution is 2.25. The maximum atomic E-state index is 6.16. The number of hydrogen-bond acceptors (Lipinski definition) is 5. The Morgan fingerprint density at radius 1 is 1.05 bits per heavy atom. The van der Waals surface area contributed by atoms with E-state index in [2.05, 4.69) is 19.9 Å². The first-order chi connectivity index (χ1) is 9.28. The lowest BCUT2D eigenvalue weighted by Gasteiger charge is -2.04. The second-order valence-electron chi connectivity index (χ2n) is 3.80. The molecule has 0 amide bonds. The molecule has 3 aromatic heterocycles. The van der Waals surface area contributed by atoms with E-state index in [1.54, 1.807) is 12.4 Å². The molecular formula is C13H9ClN4S. The number of nitrogens with zero attached hydrogens (tertiary/aromatic N) is 4. The van der Waals surface area contributed by atoms with Crippen LogP contribution in [0, 0.1) is 0 Å². The molecule has 94 valence electrons. The summed E-state index contributed by atoms with van der Waals surface area (Å²) in [6.45, 7) is 0. The van der Waals surface area contributed by atoms with Crippen LogP contribution in [0.1, 0.15) is 0 Å². The van der Waals surface area contributed by atoms with Crippen molar-refractivity contribution >= 4 is 34.3 Å². The summed E-state index contributed by atoms with van der Waals surface area (Å²) in [5.41, 5.74) is 2.18. The van der Waals surface area contributed by atoms with Gasteiger partial charge in [0, 0.05) is 17.8 Å². The molecule has 3 heterocycles. The lowest BCUT2D eigenvalue weighted by atomic mass is 10.2. The standard InChI is InChI=1S/C13H9ClN4S/c1-19-13-16-6-4-9(18-13)10-7-8-3-2-5-15-11(8)12(14)17-10/h2-7H,1H3. The van der Waals surface area contributed by atoms with Gasteiger partial charge in [-0.2, -0.15) is 0 Å². The van der Waals surface area contributed by atoms with E-state index in [1.807, 2.05) is 30.5 Å². The molecule has 0 unspecified atom stereocenters. The maximum absolute atomic E-state index is 6.16. The monoisotopic (exact) mass is 288 g/mol. The van der Waals surface area contributed by atoms with Crippen molar-refractivity contribution in [2.75, 3.05) is 6.26 Å². The van der Waals surface area contributed by atoms with E-state index in [0.29, 0.717) is 15.8 Å². The van der Waals surface area contributed by atoms with Crippen LogP contribution in [0.2, 0.25) is 5.15 Å². The number of fused-ring (bicyclic) bond motifs is 1. The maximum Gasteiger partial charge on any atom is 0.187 e. The minimum absolute atomic E-state index is 0.386. The molecule has 4 nitrogen and oxygen atoms in total. The molecule has 0 fully saturated rings. The first-order valence-corrected chi connectivity index (χ1v) is 7.17. The van der Waals surface area contributed by atoms with Crippen molar-refractivity contribution < 1.29 is 0 Å². The first-order valence-electron chi connectivity index (χ1n) is 5.56. The fraction of sp³-hybridized carbons (Fsp3) is 0.0769. The van der Waals surface area contributed by atoms with E-state index < -0.39 is 0 Å². The molecule has 0 atom stereocenters. The van der Waals surface area contributed by atoms with Gasteiger partial charge in [0.15, 0.2) is 10.3 Å². The van der Waals surface area contributed by atoms with E-state index in [1.165, 1.54) is 11.8 Å². The number of rotatable bonds is 2. The normalized spacial score (nSPS) is 10.8. The molecule has 0 bridgehead atoms. The summed E-state index contributed by atoms with van der Waals surface area (Å²) in [4.78, 5) is 17.1. The van der Waals surface area contributed by atoms with Gasteiger partial charge in [0.05, 0.1) is 11.4 Å². The number of halogens is 1. The Morgan fingerprint density at radius 2 is 1.95 bits per heavy atom. The van der Waals surface area contributed by atoms with Gasteiger partial charge in [-0.15, -0.1) is 0 Å². The zero-order valence-corrected chi connectivity index (χ0v) is 11.6. The summed E-state index contributed by atoms with van der Waals surface area (Å²) < 4.78 is 0. The number of aromatic nitrogens is 4. The highest BCUT2D eigenvalue weighted by molar-refractivity contribution is 7.98. The van der Waals surface area contributed by atoms with E-state index >= 15 is 0 Å². The number of pyridine rings is 2. The third-order valence-electron chi connectivity index (χ3n) is 2.62. The Hall–Kier alpha value is -1.72. The van der Waals surface area contributed by atoms with Crippen molar-refractivity contribution in [3.8, 4) is 11.4 Å². The molecule has 0 N–H and O–H groups in total. The lowest BCUT2D eigenvalue weighted by Crippen LogP contribution is -1.93. The van der Waals surface area contributed by atoms with Gasteiger partial charge in [-0.3, -0.25) is 4.98 Å². The molecule has 0 spiro atoms. The van der Waals surface area contributed by atoms with Crippen LogP contribution < -0.4 is 0 Å². The van der Waals surface area contributed by atoms with Gasteiger partial charge in [0.1, 0.15) is 5.52 Å². The van der Waals surface area contributed by atoms with Crippen LogP contribution >= 0.6 is 23.4 Å². The van der Waals surface area contributed by atoms with Gasteiger partial charge >= 0.3 is 0 Å². The van der Waals surface area contributed by atoms with Crippen molar-refractivity contribution in [3.63, 3.8) is 0 Å². The highest BCUT2D eigenvalue weighted by atomic mass is 35.5. The predicted molar refractivity (Wildman–Crippen MR) is 77.4 cm³/mol. The van der Waals surface area contributed by atoms with Crippen LogP contribution in [0.3, 0.4) is 0 Å². The molecule has 0 aliphatic heterocycles. The van der Waals surface area contributed by atoms with Gasteiger partial charge in [-0.25, -0.2) is 15.0 Å². The Balaban J connectivity index is 2.19. The van der Waals surface area contributed by atoms with Gasteiger partial charge in [-0.1, -0.05) is 29.4 Å². The second-order valence-corrected chi connectivity index (χ2v) is 4.93. The Bertz CT molecular complexity index is 748. The summed E-state index contributed by atoms with van der Waals surface area (Å²) in [6, 6.07) is 7.58. The van der Waals surface area contributed by atoms with Crippen LogP contribution in [-0.4, -0.2) is 26.2 Å². The van der Waals surface area contributed by atoms with E-state index in [4.69, 9.17) is 11.6 Å². The zero-order valence-electron chi connectivity index (χ0n) is 10.0. The Labute approximate surface area is 119 Å². The molecule has 0 aliphatic rings. The summed E-state index contributed by atoms with van der Waals surface area (Å²) >= 11 is 7.65. The molecule has 0 radical (unpaired) electrons. The molecule has 6 heteroatoms. The summed E-state index contributed by atoms with van der Waals surface area (Å²) in [7, 11) is 0. The Kier molecular flexibility index (Phi) is 3.31. The van der Waals surface area contributed by atoms with Gasteiger partial charge in [0.25, 0.3) is 0 Å². The molecule has 3 aromatic rings. The Morgan fingerprint density at radius 3 is 2.79 bits per heavy atom. The van der Waals surface area contributed by atoms with Gasteiger partial charge in [0.2, 0.25) is 0 Å². The average Bonchev–Trinajstić information content (AvgIpc) is 2.47. The van der Waals surface area contributed by atoms with Crippen LogP contribution in [0.5, 0.6) is 0 Å². The minimum Gasteiger partial charge on any atom is -0.253 e. The second kappa shape index (κ2) is 5.11. The predicted octanol–water partition coefficient (Wildman–Crippen LogP) is 3.46. The van der Waals surface area contributed by atoms with Crippen molar-refractivity contribution in [3.05, 3.63) is 41.8 Å². The van der Waals surface area contributed by atoms with E-state index in [0.717, 1.165) is 16.8 Å². The third kappa shape index (κ3) is 2.39. The van der Waals surface area contributed by atoms with Crippen molar-refractivity contribution in [2.24, 2.45) is 0 Å². The van der Waals surface area contributed by atoms with Crippen LogP contribution in [0.25, 0.3) is 22.3 Å². The molecule has 0 aliphatic carbocycles. The quantitative estimate of drug-likeness (QED) is 0.411. The topological polar surface area (TPSA) is 51.6 Å². The number of hydrogen-bond donors (Lipinski definition) is 0. The molecule has 3 rings (SSSR count). The van der Waals surface area contributed by atoms with Gasteiger partial charge < -0.3 is 0 Å². The lowest BCUT2D eigenvalue weighted by molar-refractivity contribution is 0.971. The summed E-state index contributed by atoms with van der Waals surface area (Å²) in [5, 5.41) is 2.04. The van der Waals surface area contributed by atoms with Crippen molar-refractivity contribution in [1.82, 2.24) is 19.9 Å². The van der Waals surface area contributed by atoms with Crippen LogP contribution in [0.15, 0.2) is 41.8 Å². The molecular weight excluding hydrogens is 280 g/mol. The van der Waals surface area contributed by atoms with Gasteiger partial charge in [-0.05, 0) is 24.5 Å². The largest absolute Gasteiger partial charge is 0.253 e. The molecule has 0 saturated carbocycles. The zero-order chi connectivity index (χ0) is 13.2. The molecule has 19 heavy (non-hydrogen) atoms. The number of thioether (sulfide) groups is 1. The highest BCUT2D eigenvalue weighted by Gasteiger charge is 2.08. The molecule has 0 aromatic carbocycles.